The lowest BCUT2D eigenvalue weighted by Crippen LogP contribution is -2.36. The zero-order valence-corrected chi connectivity index (χ0v) is 74.8. The smallest absolute Gasteiger partial charge is 0.266 e. The number of hydrogen-bond acceptors (Lipinski definition) is 12. The SMILES string of the molecule is CCCCCCCCn1c(=O)c2ccc3c(=O)n(CCCCCCCC)c(=O)c4c3c2c(c1=O)c1c2cc3c(=O)n(-c5c(C(C)C)cccc5C(C)C)c(=O)c5cc6c7c8c(=O)n(CCCCCCCC)c(=O)c9ccc%10c(=O)n(CCCCCCCC)c(=O)c(c%10c98)c7c7cc8c(=O)n(-c9c(C(C)C)cccc9C(C)C)c(=O)c9cc(c41)c1c2c(c35)c6c7c1c98. The molecule has 0 aliphatic carbocycles. The Kier molecular flexibility index (Phi) is 21.4. The van der Waals surface area contributed by atoms with E-state index >= 15 is 57.5 Å². The number of hydrogen-bond donors (Lipinski definition) is 0. The molecule has 19 aromatic rings. The molecular weight excluding hydrogens is 1570 g/mol. The molecule has 0 fully saturated rings. The van der Waals surface area contributed by atoms with Crippen LogP contribution in [0.3, 0.4) is 0 Å². The van der Waals surface area contributed by atoms with Crippen LogP contribution in [0.1, 0.15) is 283 Å². The zero-order chi connectivity index (χ0) is 88.3. The molecule has 0 unspecified atom stereocenters. The number of aromatic nitrogens is 6. The van der Waals surface area contributed by atoms with E-state index in [1.54, 1.807) is 48.5 Å². The fourth-order valence-electron chi connectivity index (χ4n) is 22.8. The summed E-state index contributed by atoms with van der Waals surface area (Å²) in [5, 5.41) is 4.92. The van der Waals surface area contributed by atoms with Gasteiger partial charge in [0.1, 0.15) is 0 Å². The quantitative estimate of drug-likeness (QED) is 0.0208. The van der Waals surface area contributed by atoms with Gasteiger partial charge in [0.2, 0.25) is 0 Å². The zero-order valence-electron chi connectivity index (χ0n) is 74.8. The van der Waals surface area contributed by atoms with Gasteiger partial charge in [0.05, 0.1) is 32.9 Å². The van der Waals surface area contributed by atoms with Crippen LogP contribution in [0.25, 0.3) is 184 Å². The molecule has 13 aromatic carbocycles. The molecule has 0 saturated carbocycles. The Morgan fingerprint density at radius 1 is 0.190 bits per heavy atom. The summed E-state index contributed by atoms with van der Waals surface area (Å²) in [4.78, 5) is 202. The highest BCUT2D eigenvalue weighted by Gasteiger charge is 2.38. The first-order valence-electron chi connectivity index (χ1n) is 47.1. The van der Waals surface area contributed by atoms with Gasteiger partial charge in [-0.05, 0) is 163 Å². The van der Waals surface area contributed by atoms with Gasteiger partial charge in [-0.3, -0.25) is 75.8 Å². The molecule has 126 heavy (non-hydrogen) atoms. The van der Waals surface area contributed by atoms with E-state index in [-0.39, 0.29) is 190 Å². The molecule has 0 amide bonds. The second-order valence-corrected chi connectivity index (χ2v) is 37.9. The number of unbranched alkanes of at least 4 members (excludes halogenated alkanes) is 20. The minimum atomic E-state index is -0.706. The molecule has 6 aromatic heterocycles. The Morgan fingerprint density at radius 3 is 0.587 bits per heavy atom. The molecule has 0 radical (unpaired) electrons. The molecule has 6 heterocycles. The normalized spacial score (nSPS) is 12.9. The van der Waals surface area contributed by atoms with Crippen molar-refractivity contribution in [2.45, 2.75) is 287 Å². The standard InChI is InChI=1S/C108H110N6O12/c1-13-17-21-25-29-33-47-109-97(115)63-43-44-64-78-77(63)91(105(109)123)85-67-51-71-75-73(103(121)113(101(71)119)95-59(55(5)6)39-37-40-60(95)56(7)8)53-69-83-84-70(88-87(69)93-79-65(99(117)111(107(93)125)49-35-31-27-23-19-15-3)45-46-66-80(79)94(88)108(126)112(100(66)118)50-36-32-28-24-20-16-4)54-74-76-72(102(120)114(104(74)122)96-61(57(9)10)41-38-42-62(96)58(11)12)52-68(82(90(76)84)81(67)89(75)83)86(85)92(78)106(124)110(98(64)116)48-34-30-26-22-18-14-2/h37-46,51-58H,13-36,47-50H2,1-12H3. The van der Waals surface area contributed by atoms with E-state index in [2.05, 4.69) is 27.7 Å². The molecule has 0 aliphatic heterocycles. The molecular formula is C108H110N6O12. The van der Waals surface area contributed by atoms with Crippen LogP contribution in [-0.4, -0.2) is 27.4 Å². The minimum Gasteiger partial charge on any atom is -0.274 e. The van der Waals surface area contributed by atoms with E-state index in [9.17, 15) is 0 Å². The van der Waals surface area contributed by atoms with E-state index in [0.717, 1.165) is 103 Å². The Bertz CT molecular complexity index is 7520. The highest BCUT2D eigenvalue weighted by Crippen LogP contribution is 2.58. The van der Waals surface area contributed by atoms with Crippen LogP contribution in [0, 0.1) is 0 Å². The van der Waals surface area contributed by atoms with E-state index in [1.807, 2.05) is 91.8 Å². The van der Waals surface area contributed by atoms with Gasteiger partial charge in [-0.2, -0.15) is 0 Å². The third-order valence-corrected chi connectivity index (χ3v) is 28.8. The molecule has 0 N–H and O–H groups in total. The van der Waals surface area contributed by atoms with E-state index in [0.29, 0.717) is 117 Å². The number of fused-ring (bicyclic) bond motifs is 10. The van der Waals surface area contributed by atoms with Crippen LogP contribution in [0.2, 0.25) is 0 Å². The third-order valence-electron chi connectivity index (χ3n) is 28.8. The van der Waals surface area contributed by atoms with Crippen LogP contribution < -0.4 is 66.7 Å². The first-order valence-corrected chi connectivity index (χ1v) is 47.1. The van der Waals surface area contributed by atoms with Crippen LogP contribution in [0.15, 0.2) is 142 Å². The lowest BCUT2D eigenvalue weighted by atomic mass is 9.75. The maximum absolute atomic E-state index is 17.4. The van der Waals surface area contributed by atoms with Crippen LogP contribution in [-0.2, 0) is 26.2 Å². The van der Waals surface area contributed by atoms with Crippen molar-refractivity contribution in [3.8, 4) is 11.4 Å². The van der Waals surface area contributed by atoms with Crippen molar-refractivity contribution in [3.63, 3.8) is 0 Å². The predicted octanol–water partition coefficient (Wildman–Crippen LogP) is 22.1. The van der Waals surface area contributed by atoms with Crippen molar-refractivity contribution >= 4 is 172 Å². The van der Waals surface area contributed by atoms with Gasteiger partial charge in [-0.25, -0.2) is 9.13 Å². The van der Waals surface area contributed by atoms with Crippen molar-refractivity contribution in [2.75, 3.05) is 0 Å². The summed E-state index contributed by atoms with van der Waals surface area (Å²) in [7, 11) is 0. The molecule has 0 bridgehead atoms. The third kappa shape index (κ3) is 12.1. The van der Waals surface area contributed by atoms with E-state index < -0.39 is 66.7 Å². The van der Waals surface area contributed by atoms with Crippen molar-refractivity contribution in [1.82, 2.24) is 27.4 Å². The molecule has 18 nitrogen and oxygen atoms in total. The van der Waals surface area contributed by atoms with Gasteiger partial charge < -0.3 is 0 Å². The van der Waals surface area contributed by atoms with Crippen LogP contribution in [0.4, 0.5) is 0 Å². The number of nitrogens with zero attached hydrogens (tertiary/aromatic N) is 6. The summed E-state index contributed by atoms with van der Waals surface area (Å²) in [5.41, 5.74) is -4.52. The molecule has 19 rings (SSSR count). The lowest BCUT2D eigenvalue weighted by Gasteiger charge is -2.28. The summed E-state index contributed by atoms with van der Waals surface area (Å²) in [6.07, 6.45) is 19.9. The van der Waals surface area contributed by atoms with Gasteiger partial charge in [0.15, 0.2) is 0 Å². The fraction of sp³-hybridized carbons (Fsp3) is 0.407. The summed E-state index contributed by atoms with van der Waals surface area (Å²) < 4.78 is 7.63. The van der Waals surface area contributed by atoms with Crippen LogP contribution >= 0.6 is 0 Å². The summed E-state index contributed by atoms with van der Waals surface area (Å²) in [5.74, 6) is -1.03. The number of para-hydroxylation sites is 2. The Hall–Kier alpha value is -11.9. The van der Waals surface area contributed by atoms with Gasteiger partial charge in [0, 0.05) is 134 Å². The number of pyridine rings is 6. The number of rotatable bonds is 34. The Labute approximate surface area is 725 Å². The van der Waals surface area contributed by atoms with Crippen molar-refractivity contribution < 1.29 is 0 Å². The topological polar surface area (TPSA) is 234 Å². The maximum Gasteiger partial charge on any atom is 0.266 e. The fourth-order valence-corrected chi connectivity index (χ4v) is 22.8. The number of benzene rings is 13. The van der Waals surface area contributed by atoms with Crippen molar-refractivity contribution in [3.05, 3.63) is 231 Å². The Morgan fingerprint density at radius 2 is 0.381 bits per heavy atom. The first kappa shape index (κ1) is 83.6. The highest BCUT2D eigenvalue weighted by molar-refractivity contribution is 6.58. The summed E-state index contributed by atoms with van der Waals surface area (Å²) in [6.45, 7) is 24.6. The van der Waals surface area contributed by atoms with Crippen molar-refractivity contribution in [2.24, 2.45) is 0 Å². The van der Waals surface area contributed by atoms with Gasteiger partial charge in [-0.1, -0.05) is 248 Å². The molecule has 644 valence electrons. The lowest BCUT2D eigenvalue weighted by molar-refractivity contribution is 0.545. The average Bonchev–Trinajstić information content (AvgIpc) is 0.640. The molecule has 0 aliphatic rings. The summed E-state index contributed by atoms with van der Waals surface area (Å²) >= 11 is 0. The van der Waals surface area contributed by atoms with Gasteiger partial charge in [-0.15, -0.1) is 0 Å². The van der Waals surface area contributed by atoms with Gasteiger partial charge >= 0.3 is 0 Å². The summed E-state index contributed by atoms with van der Waals surface area (Å²) in [6, 6.07) is 24.9. The first-order chi connectivity index (χ1) is 60.9. The Balaban J connectivity index is 1.16. The second kappa shape index (κ2) is 32.2. The molecule has 0 saturated heterocycles. The predicted molar refractivity (Wildman–Crippen MR) is 523 cm³/mol. The molecule has 18 heteroatoms. The van der Waals surface area contributed by atoms with Crippen LogP contribution in [0.5, 0.6) is 0 Å². The molecule has 0 atom stereocenters. The van der Waals surface area contributed by atoms with E-state index in [4.69, 9.17) is 0 Å². The van der Waals surface area contributed by atoms with E-state index in [1.165, 1.54) is 27.4 Å². The monoisotopic (exact) mass is 1680 g/mol. The maximum atomic E-state index is 17.4. The second-order valence-electron chi connectivity index (χ2n) is 37.9. The largest absolute Gasteiger partial charge is 0.274 e. The molecule has 0 spiro atoms. The van der Waals surface area contributed by atoms with Gasteiger partial charge in [0.25, 0.3) is 66.7 Å². The average molecular weight is 1680 g/mol. The van der Waals surface area contributed by atoms with Crippen molar-refractivity contribution in [1.29, 1.82) is 0 Å². The minimum absolute atomic E-state index is 0.00720. The highest BCUT2D eigenvalue weighted by atomic mass is 16.2.